The van der Waals surface area contributed by atoms with Crippen LogP contribution in [0.5, 0.6) is 0 Å². The van der Waals surface area contributed by atoms with Crippen LogP contribution in [-0.2, 0) is 9.47 Å². The average Bonchev–Trinajstić information content (AvgIpc) is 2.46. The molecule has 0 unspecified atom stereocenters. The summed E-state index contributed by atoms with van der Waals surface area (Å²) in [6.07, 6.45) is -0.284. The Bertz CT molecular complexity index is 141. The Labute approximate surface area is 65.9 Å². The standard InChI is InChI=1S/C6H10O3Se/c1-8-6-5-4(7)3(9-6)2-10-5/h3-7H,2H2,1H3/t3-,4-,5+,6-/m1/s1. The van der Waals surface area contributed by atoms with Gasteiger partial charge >= 0.3 is 65.3 Å². The molecule has 4 heteroatoms. The molecule has 3 nitrogen and oxygen atoms in total. The number of hydrogen-bond acceptors (Lipinski definition) is 3. The first-order valence-electron chi connectivity index (χ1n) is 3.31. The summed E-state index contributed by atoms with van der Waals surface area (Å²) in [6.45, 7) is 0. The van der Waals surface area contributed by atoms with Crippen molar-refractivity contribution in [1.29, 1.82) is 0 Å². The minimum atomic E-state index is -0.245. The first kappa shape index (κ1) is 7.07. The second-order valence-electron chi connectivity index (χ2n) is 2.57. The van der Waals surface area contributed by atoms with Crippen molar-refractivity contribution >= 4 is 15.0 Å². The summed E-state index contributed by atoms with van der Waals surface area (Å²) >= 11 is 0.531. The molecule has 2 aliphatic rings. The van der Waals surface area contributed by atoms with E-state index in [1.807, 2.05) is 0 Å². The second-order valence-corrected chi connectivity index (χ2v) is 5.11. The van der Waals surface area contributed by atoms with Gasteiger partial charge in [0.1, 0.15) is 0 Å². The van der Waals surface area contributed by atoms with Crippen molar-refractivity contribution in [1.82, 2.24) is 0 Å². The number of ether oxygens (including phenoxy) is 2. The molecule has 2 saturated heterocycles. The molecule has 58 valence electrons. The van der Waals surface area contributed by atoms with Gasteiger partial charge < -0.3 is 0 Å². The molecular weight excluding hydrogens is 199 g/mol. The van der Waals surface area contributed by atoms with Crippen molar-refractivity contribution in [3.05, 3.63) is 0 Å². The number of rotatable bonds is 1. The molecule has 0 saturated carbocycles. The van der Waals surface area contributed by atoms with Gasteiger partial charge in [0.25, 0.3) is 0 Å². The van der Waals surface area contributed by atoms with E-state index in [0.717, 1.165) is 5.32 Å². The van der Waals surface area contributed by atoms with Crippen molar-refractivity contribution < 1.29 is 14.6 Å². The van der Waals surface area contributed by atoms with Crippen molar-refractivity contribution in [2.24, 2.45) is 0 Å². The predicted octanol–water partition coefficient (Wildman–Crippen LogP) is -0.357. The monoisotopic (exact) mass is 210 g/mol. The van der Waals surface area contributed by atoms with Crippen molar-refractivity contribution in [3.8, 4) is 0 Å². The van der Waals surface area contributed by atoms with Crippen LogP contribution in [0.3, 0.4) is 0 Å². The molecule has 2 heterocycles. The van der Waals surface area contributed by atoms with Crippen LogP contribution in [0.25, 0.3) is 0 Å². The fourth-order valence-corrected chi connectivity index (χ4v) is 4.33. The van der Waals surface area contributed by atoms with Gasteiger partial charge in [-0.1, -0.05) is 0 Å². The van der Waals surface area contributed by atoms with E-state index in [9.17, 15) is 5.11 Å². The van der Waals surface area contributed by atoms with Crippen LogP contribution in [0.4, 0.5) is 0 Å². The first-order chi connectivity index (χ1) is 4.83. The van der Waals surface area contributed by atoms with Crippen LogP contribution in [0.15, 0.2) is 0 Å². The molecule has 0 radical (unpaired) electrons. The third-order valence-electron chi connectivity index (χ3n) is 1.98. The Morgan fingerprint density at radius 3 is 2.80 bits per heavy atom. The molecular formula is C6H10O3Se. The fraction of sp³-hybridized carbons (Fsp3) is 1.00. The van der Waals surface area contributed by atoms with Crippen LogP contribution in [0.2, 0.25) is 10.1 Å². The Kier molecular flexibility index (Phi) is 1.74. The maximum atomic E-state index is 9.44. The number of fused-ring (bicyclic) bond motifs is 2. The Morgan fingerprint density at radius 2 is 2.50 bits per heavy atom. The summed E-state index contributed by atoms with van der Waals surface area (Å²) in [5.74, 6) is 0. The van der Waals surface area contributed by atoms with Crippen LogP contribution < -0.4 is 0 Å². The van der Waals surface area contributed by atoms with Gasteiger partial charge in [0, 0.05) is 0 Å². The van der Waals surface area contributed by atoms with Gasteiger partial charge in [0.15, 0.2) is 0 Å². The SMILES string of the molecule is CO[C@@H]1O[C@@H]2C[Se][C@H]1[C@@H]2O. The van der Waals surface area contributed by atoms with Gasteiger partial charge in [-0.2, -0.15) is 0 Å². The van der Waals surface area contributed by atoms with E-state index in [4.69, 9.17) is 9.47 Å². The van der Waals surface area contributed by atoms with E-state index in [0.29, 0.717) is 19.8 Å². The van der Waals surface area contributed by atoms with E-state index in [-0.39, 0.29) is 18.5 Å². The van der Waals surface area contributed by atoms with Gasteiger partial charge in [0.05, 0.1) is 0 Å². The van der Waals surface area contributed by atoms with E-state index in [1.54, 1.807) is 7.11 Å². The Hall–Kier alpha value is 0.399. The van der Waals surface area contributed by atoms with Gasteiger partial charge in [-0.3, -0.25) is 0 Å². The molecule has 1 N–H and O–H groups in total. The molecule has 2 bridgehead atoms. The molecule has 0 aromatic carbocycles. The zero-order valence-electron chi connectivity index (χ0n) is 5.69. The van der Waals surface area contributed by atoms with Crippen molar-refractivity contribution in [2.75, 3.05) is 7.11 Å². The van der Waals surface area contributed by atoms with Crippen molar-refractivity contribution in [2.45, 2.75) is 28.6 Å². The summed E-state index contributed by atoms with van der Waals surface area (Å²) in [4.78, 5) is 0.294. The van der Waals surface area contributed by atoms with Crippen LogP contribution in [0.1, 0.15) is 0 Å². The number of aliphatic hydroxyl groups excluding tert-OH is 1. The predicted molar refractivity (Wildman–Crippen MR) is 36.0 cm³/mol. The summed E-state index contributed by atoms with van der Waals surface area (Å²) in [7, 11) is 1.63. The Morgan fingerprint density at radius 1 is 1.70 bits per heavy atom. The second kappa shape index (κ2) is 2.47. The molecule has 4 atom stereocenters. The molecule has 10 heavy (non-hydrogen) atoms. The normalized spacial score (nSPS) is 52.2. The quantitative estimate of drug-likeness (QED) is 0.599. The third-order valence-corrected chi connectivity index (χ3v) is 4.93. The zero-order valence-corrected chi connectivity index (χ0v) is 7.40. The molecule has 2 fully saturated rings. The summed E-state index contributed by atoms with van der Waals surface area (Å²) in [5.41, 5.74) is 0. The third kappa shape index (κ3) is 0.840. The maximum absolute atomic E-state index is 9.44. The first-order valence-corrected chi connectivity index (χ1v) is 5.51. The number of aliphatic hydroxyl groups is 1. The van der Waals surface area contributed by atoms with E-state index >= 15 is 0 Å². The van der Waals surface area contributed by atoms with Crippen LogP contribution >= 0.6 is 0 Å². The minimum absolute atomic E-state index is 0.0787. The molecule has 0 amide bonds. The Balaban J connectivity index is 2.08. The topological polar surface area (TPSA) is 38.7 Å². The molecule has 2 rings (SSSR count). The van der Waals surface area contributed by atoms with Gasteiger partial charge in [0.2, 0.25) is 0 Å². The van der Waals surface area contributed by atoms with E-state index in [2.05, 4.69) is 0 Å². The molecule has 0 aliphatic carbocycles. The van der Waals surface area contributed by atoms with E-state index in [1.165, 1.54) is 0 Å². The van der Waals surface area contributed by atoms with Gasteiger partial charge in [-0.05, 0) is 0 Å². The van der Waals surface area contributed by atoms with Crippen LogP contribution in [0, 0.1) is 0 Å². The zero-order chi connectivity index (χ0) is 7.14. The number of methoxy groups -OCH3 is 1. The van der Waals surface area contributed by atoms with E-state index < -0.39 is 0 Å². The summed E-state index contributed by atoms with van der Waals surface area (Å²) < 4.78 is 10.4. The van der Waals surface area contributed by atoms with Crippen LogP contribution in [-0.4, -0.2) is 45.7 Å². The molecule has 0 aromatic rings. The van der Waals surface area contributed by atoms with Gasteiger partial charge in [-0.25, -0.2) is 0 Å². The molecule has 0 spiro atoms. The van der Waals surface area contributed by atoms with Gasteiger partial charge in [-0.15, -0.1) is 0 Å². The average molecular weight is 209 g/mol. The molecule has 2 aliphatic heterocycles. The number of hydrogen-bond donors (Lipinski definition) is 1. The molecule has 0 aromatic heterocycles. The fourth-order valence-electron chi connectivity index (χ4n) is 1.41. The van der Waals surface area contributed by atoms with Crippen molar-refractivity contribution in [3.63, 3.8) is 0 Å². The summed E-state index contributed by atoms with van der Waals surface area (Å²) in [6, 6.07) is 0. The summed E-state index contributed by atoms with van der Waals surface area (Å²) in [5, 5.41) is 10.5.